The van der Waals surface area contributed by atoms with Crippen LogP contribution in [0, 0.1) is 0 Å². The highest BCUT2D eigenvalue weighted by atomic mass is 16.3. The summed E-state index contributed by atoms with van der Waals surface area (Å²) < 4.78 is 25.1. The summed E-state index contributed by atoms with van der Waals surface area (Å²) in [7, 11) is 0. The fourth-order valence-electron chi connectivity index (χ4n) is 20.6. The highest BCUT2D eigenvalue weighted by Gasteiger charge is 2.45. The average Bonchev–Trinajstić information content (AvgIpc) is 1.54. The Labute approximate surface area is 758 Å². The van der Waals surface area contributed by atoms with E-state index in [1.54, 1.807) is 6.20 Å². The lowest BCUT2D eigenvalue weighted by Gasteiger charge is -2.30. The monoisotopic (exact) mass is 1700 g/mol. The van der Waals surface area contributed by atoms with Crippen LogP contribution in [0.3, 0.4) is 0 Å². The Hall–Kier alpha value is -17.1. The maximum absolute atomic E-state index is 6.42. The second-order valence-corrected chi connectivity index (χ2v) is 35.3. The van der Waals surface area contributed by atoms with Crippen molar-refractivity contribution in [1.82, 2.24) is 49.8 Å². The normalized spacial score (nSPS) is 14.1. The number of aromatic nitrogens is 10. The summed E-state index contributed by atoms with van der Waals surface area (Å²) in [4.78, 5) is 50.0. The highest BCUT2D eigenvalue weighted by molar-refractivity contribution is 6.12. The predicted molar refractivity (Wildman–Crippen MR) is 528 cm³/mol. The minimum atomic E-state index is -0.511. The first-order valence-corrected chi connectivity index (χ1v) is 44.5. The van der Waals surface area contributed by atoms with Gasteiger partial charge in [0, 0.05) is 110 Å². The fourth-order valence-corrected chi connectivity index (χ4v) is 20.6. The van der Waals surface area contributed by atoms with Gasteiger partial charge in [-0.3, -0.25) is 4.98 Å². The van der Waals surface area contributed by atoms with E-state index in [9.17, 15) is 0 Å². The predicted octanol–water partition coefficient (Wildman–Crippen LogP) is 29.6. The zero-order chi connectivity index (χ0) is 88.1. The van der Waals surface area contributed by atoms with E-state index < -0.39 is 5.41 Å². The minimum Gasteiger partial charge on any atom is -0.456 e. The number of benzene rings is 16. The summed E-state index contributed by atoms with van der Waals surface area (Å²) in [6, 6.07) is 129. The summed E-state index contributed by atoms with van der Waals surface area (Å²) in [5.41, 5.74) is 30.1. The van der Waals surface area contributed by atoms with E-state index in [1.807, 2.05) is 194 Å². The second kappa shape index (κ2) is 30.3. The summed E-state index contributed by atoms with van der Waals surface area (Å²) in [6.45, 7) is 11.5. The van der Waals surface area contributed by atoms with Gasteiger partial charge in [0.15, 0.2) is 52.4 Å². The van der Waals surface area contributed by atoms with Gasteiger partial charge in [0.25, 0.3) is 0 Å². The van der Waals surface area contributed by atoms with Crippen molar-refractivity contribution >= 4 is 87.8 Å². The van der Waals surface area contributed by atoms with Gasteiger partial charge in [0.2, 0.25) is 0 Å². The Morgan fingerprint density at radius 1 is 0.189 bits per heavy atom. The lowest BCUT2D eigenvalue weighted by Crippen LogP contribution is -2.23. The van der Waals surface area contributed by atoms with Crippen LogP contribution in [0.4, 0.5) is 0 Å². The molecule has 24 aromatic rings. The molecule has 1 atom stereocenters. The molecule has 16 aromatic carbocycles. The molecule has 0 spiro atoms. The van der Waals surface area contributed by atoms with Gasteiger partial charge < -0.3 is 17.7 Å². The molecule has 132 heavy (non-hydrogen) atoms. The molecule has 3 aliphatic rings. The topological polar surface area (TPSA) is 181 Å². The standard InChI is InChI=1S/C47H29N3O2.C36H25N3O.C35H24N4O/c1-47(30-15-6-3-7-16-30)38-26-37-32-18-9-11-22-40(32)52-42(37)27-35(38)33-19-12-20-34(43(33)47)46-49-44(28-13-4-2-5-14-28)48-45(50-46)29-23-24-41-36(25-29)31-17-8-10-21-39(31)51-41;1-36(2)29-20-28-24-16-9-10-19-30(24)40-31(28)21-27(29)25-17-11-18-26(32(25)36)35-38-33(22-12-5-3-6-13-22)37-34(39-35)23-14-7-4-8-15-23;1-35(2)27-19-26-22-13-6-7-17-29(22)40-30(26)20-25(27)23-14-10-15-24(31(23)35)33-37-32(21-11-4-3-5-12-21)38-34(39-33)28-16-8-9-18-36-28/h2-27H,1H3;3-21H,1-2H3;3-20H,1-2H3. The van der Waals surface area contributed by atoms with Crippen LogP contribution in [0.25, 0.3) is 224 Å². The van der Waals surface area contributed by atoms with E-state index >= 15 is 0 Å². The van der Waals surface area contributed by atoms with Crippen LogP contribution >= 0.6 is 0 Å². The van der Waals surface area contributed by atoms with Crippen LogP contribution in [0.15, 0.2) is 400 Å². The maximum atomic E-state index is 6.42. The largest absolute Gasteiger partial charge is 0.456 e. The van der Waals surface area contributed by atoms with E-state index in [4.69, 9.17) is 62.5 Å². The zero-order valence-electron chi connectivity index (χ0n) is 72.5. The summed E-state index contributed by atoms with van der Waals surface area (Å²) >= 11 is 0. The molecule has 0 amide bonds. The van der Waals surface area contributed by atoms with Crippen molar-refractivity contribution in [3.05, 3.63) is 421 Å². The molecule has 27 rings (SSSR count). The first-order valence-electron chi connectivity index (χ1n) is 44.5. The molecule has 8 heterocycles. The maximum Gasteiger partial charge on any atom is 0.182 e. The number of nitrogens with zero attached hydrogens (tertiary/aromatic N) is 10. The van der Waals surface area contributed by atoms with Gasteiger partial charge in [0.05, 0.1) is 0 Å². The molecule has 0 saturated heterocycles. The number of rotatable bonds is 10. The minimum absolute atomic E-state index is 0.264. The SMILES string of the molecule is CC1(C)c2cc3c(cc2-c2cccc(-c4nc(-c5ccccc5)nc(-c5ccccc5)n4)c21)oc1ccccc13.CC1(C)c2cc3c(cc2-c2cccc(-c4nc(-c5ccccc5)nc(-c5ccccn5)n4)c21)oc1ccccc13.CC1(c2ccccc2)c2cc3c(cc2-c2cccc(-c4nc(-c5ccccc5)nc(-c5ccc6oc7ccccc7c6c5)n4)c21)oc1ccccc13. The molecule has 0 N–H and O–H groups in total. The first kappa shape index (κ1) is 77.3. The smallest absolute Gasteiger partial charge is 0.182 e. The summed E-state index contributed by atoms with van der Waals surface area (Å²) in [5, 5.41) is 8.89. The lowest BCUT2D eigenvalue weighted by atomic mass is 9.72. The molecular formula is C118H78N10O4. The van der Waals surface area contributed by atoms with E-state index in [0.717, 1.165) is 143 Å². The Balaban J connectivity index is 0.000000108. The first-order chi connectivity index (χ1) is 64.8. The van der Waals surface area contributed by atoms with E-state index in [-0.39, 0.29) is 10.8 Å². The Morgan fingerprint density at radius 3 is 0.886 bits per heavy atom. The van der Waals surface area contributed by atoms with Crippen molar-refractivity contribution in [2.24, 2.45) is 0 Å². The third-order valence-corrected chi connectivity index (χ3v) is 26.9. The number of fused-ring (bicyclic) bond motifs is 21. The Bertz CT molecular complexity index is 8370. The van der Waals surface area contributed by atoms with Gasteiger partial charge in [-0.2, -0.15) is 0 Å². The molecule has 0 bridgehead atoms. The molecular weight excluding hydrogens is 1620 g/mol. The van der Waals surface area contributed by atoms with Crippen LogP contribution in [0.1, 0.15) is 73.6 Å². The molecule has 8 aromatic heterocycles. The van der Waals surface area contributed by atoms with Crippen LogP contribution in [0.2, 0.25) is 0 Å². The molecule has 624 valence electrons. The van der Waals surface area contributed by atoms with Gasteiger partial charge in [-0.15, -0.1) is 0 Å². The van der Waals surface area contributed by atoms with Crippen LogP contribution < -0.4 is 0 Å². The van der Waals surface area contributed by atoms with Crippen LogP contribution in [-0.4, -0.2) is 49.8 Å². The molecule has 3 aliphatic carbocycles. The number of hydrogen-bond donors (Lipinski definition) is 0. The summed E-state index contributed by atoms with van der Waals surface area (Å²) in [6.07, 6.45) is 1.76. The number of hydrogen-bond acceptors (Lipinski definition) is 14. The van der Waals surface area contributed by atoms with Crippen molar-refractivity contribution in [3.63, 3.8) is 0 Å². The highest BCUT2D eigenvalue weighted by Crippen LogP contribution is 2.59. The van der Waals surface area contributed by atoms with Gasteiger partial charge in [0.1, 0.15) is 50.4 Å². The third-order valence-electron chi connectivity index (χ3n) is 26.9. The fraction of sp³-hybridized carbons (Fsp3) is 0.0678. The molecule has 0 radical (unpaired) electrons. The molecule has 0 saturated carbocycles. The van der Waals surface area contributed by atoms with E-state index in [0.29, 0.717) is 58.1 Å². The quantitative estimate of drug-likeness (QED) is 0.126. The molecule has 0 fully saturated rings. The van der Waals surface area contributed by atoms with Gasteiger partial charge in [-0.1, -0.05) is 313 Å². The van der Waals surface area contributed by atoms with Crippen molar-refractivity contribution < 1.29 is 17.7 Å². The van der Waals surface area contributed by atoms with Crippen molar-refractivity contribution in [2.45, 2.75) is 50.9 Å². The van der Waals surface area contributed by atoms with Crippen LogP contribution in [0.5, 0.6) is 0 Å². The second-order valence-electron chi connectivity index (χ2n) is 35.3. The van der Waals surface area contributed by atoms with Crippen molar-refractivity contribution in [1.29, 1.82) is 0 Å². The van der Waals surface area contributed by atoms with E-state index in [2.05, 4.69) is 222 Å². The lowest BCUT2D eigenvalue weighted by molar-refractivity contribution is 0.658. The van der Waals surface area contributed by atoms with E-state index in [1.165, 1.54) is 61.2 Å². The number of furan rings is 4. The number of para-hydroxylation sites is 4. The Kier molecular flexibility index (Phi) is 17.7. The number of pyridine rings is 1. The summed E-state index contributed by atoms with van der Waals surface area (Å²) in [5.74, 6) is 5.69. The third kappa shape index (κ3) is 12.5. The Morgan fingerprint density at radius 2 is 0.485 bits per heavy atom. The van der Waals surface area contributed by atoms with Gasteiger partial charge >= 0.3 is 0 Å². The van der Waals surface area contributed by atoms with Gasteiger partial charge in [-0.25, -0.2) is 44.9 Å². The molecule has 1 unspecified atom stereocenters. The van der Waals surface area contributed by atoms with Gasteiger partial charge in [-0.05, 0) is 170 Å². The molecule has 14 nitrogen and oxygen atoms in total. The van der Waals surface area contributed by atoms with Crippen molar-refractivity contribution in [3.8, 4) is 136 Å². The zero-order valence-corrected chi connectivity index (χ0v) is 72.5. The molecule has 14 heteroatoms. The average molecular weight is 1700 g/mol. The van der Waals surface area contributed by atoms with Crippen LogP contribution in [-0.2, 0) is 16.2 Å². The van der Waals surface area contributed by atoms with Crippen molar-refractivity contribution in [2.75, 3.05) is 0 Å². The molecule has 0 aliphatic heterocycles.